The van der Waals surface area contributed by atoms with Gasteiger partial charge in [0.1, 0.15) is 0 Å². The summed E-state index contributed by atoms with van der Waals surface area (Å²) in [6, 6.07) is 9.81. The molecule has 4 heteroatoms. The van der Waals surface area contributed by atoms with Gasteiger partial charge >= 0.3 is 5.97 Å². The van der Waals surface area contributed by atoms with Crippen molar-refractivity contribution in [2.45, 2.75) is 26.2 Å². The number of ether oxygens (including phenoxy) is 1. The van der Waals surface area contributed by atoms with E-state index in [4.69, 9.17) is 9.15 Å². The predicted octanol–water partition coefficient (Wildman–Crippen LogP) is 3.84. The van der Waals surface area contributed by atoms with E-state index in [0.717, 1.165) is 30.4 Å². The normalized spacial score (nSPS) is 14.5. The van der Waals surface area contributed by atoms with Crippen molar-refractivity contribution in [2.24, 2.45) is 0 Å². The molecule has 0 aliphatic heterocycles. The van der Waals surface area contributed by atoms with Crippen LogP contribution in [0.2, 0.25) is 0 Å². The molecule has 0 radical (unpaired) electrons. The maximum atomic E-state index is 12.0. The van der Waals surface area contributed by atoms with E-state index in [-0.39, 0.29) is 5.97 Å². The maximum Gasteiger partial charge on any atom is 0.334 e. The number of nitrogens with zero attached hydrogens (tertiary/aromatic N) is 1. The topological polar surface area (TPSA) is 52.3 Å². The molecule has 1 aliphatic rings. The van der Waals surface area contributed by atoms with Gasteiger partial charge in [-0.15, -0.1) is 0 Å². The molecular weight excluding hydrogens is 266 g/mol. The lowest BCUT2D eigenvalue weighted by atomic mass is 10.1. The lowest BCUT2D eigenvalue weighted by molar-refractivity contribution is -0.138. The number of carbonyl (C=O) groups excluding carboxylic acids is 1. The van der Waals surface area contributed by atoms with E-state index in [0.29, 0.717) is 23.8 Å². The third-order valence-corrected chi connectivity index (χ3v) is 3.56. The maximum absolute atomic E-state index is 12.0. The average molecular weight is 283 g/mol. The molecule has 0 spiro atoms. The van der Waals surface area contributed by atoms with Gasteiger partial charge in [0, 0.05) is 16.7 Å². The van der Waals surface area contributed by atoms with E-state index in [1.54, 1.807) is 6.20 Å². The zero-order valence-electron chi connectivity index (χ0n) is 12.0. The Hall–Kier alpha value is -2.36. The van der Waals surface area contributed by atoms with Gasteiger partial charge in [-0.2, -0.15) is 0 Å². The number of allylic oxidation sites excluding steroid dienone is 1. The number of aromatic nitrogens is 1. The lowest BCUT2D eigenvalue weighted by Crippen LogP contribution is -2.07. The lowest BCUT2D eigenvalue weighted by Gasteiger charge is -2.04. The minimum atomic E-state index is -0.246. The van der Waals surface area contributed by atoms with Crippen LogP contribution in [0.1, 0.15) is 32.1 Å². The van der Waals surface area contributed by atoms with Crippen LogP contribution in [0.15, 0.2) is 46.5 Å². The van der Waals surface area contributed by atoms with Crippen molar-refractivity contribution in [2.75, 3.05) is 6.61 Å². The standard InChI is InChI=1S/C17H17NO3/c1-2-20-17(19)14-10-6-9-13(14)16-18-11-15(21-16)12-7-4-3-5-8-12/h3-5,7-8,11H,2,6,9-10H2,1H3. The Kier molecular flexibility index (Phi) is 3.86. The van der Waals surface area contributed by atoms with Crippen molar-refractivity contribution in [3.05, 3.63) is 48.0 Å². The summed E-state index contributed by atoms with van der Waals surface area (Å²) < 4.78 is 10.9. The Balaban J connectivity index is 1.92. The Labute approximate surface area is 123 Å². The predicted molar refractivity (Wildman–Crippen MR) is 79.3 cm³/mol. The van der Waals surface area contributed by atoms with Crippen LogP contribution >= 0.6 is 0 Å². The zero-order chi connectivity index (χ0) is 14.7. The molecule has 0 fully saturated rings. The zero-order valence-corrected chi connectivity index (χ0v) is 12.0. The summed E-state index contributed by atoms with van der Waals surface area (Å²) in [6.45, 7) is 2.20. The first kappa shape index (κ1) is 13.6. The molecule has 1 aromatic heterocycles. The number of rotatable bonds is 4. The molecule has 3 rings (SSSR count). The molecule has 0 bridgehead atoms. The fraction of sp³-hybridized carbons (Fsp3) is 0.294. The molecule has 0 saturated heterocycles. The van der Waals surface area contributed by atoms with Crippen molar-refractivity contribution < 1.29 is 13.9 Å². The van der Waals surface area contributed by atoms with Crippen molar-refractivity contribution in [1.29, 1.82) is 0 Å². The van der Waals surface area contributed by atoms with E-state index in [9.17, 15) is 4.79 Å². The smallest absolute Gasteiger partial charge is 0.334 e. The number of benzene rings is 1. The third kappa shape index (κ3) is 2.75. The van der Waals surface area contributed by atoms with Gasteiger partial charge in [-0.1, -0.05) is 30.3 Å². The highest BCUT2D eigenvalue weighted by Crippen LogP contribution is 2.35. The van der Waals surface area contributed by atoms with Crippen LogP contribution in [0.3, 0.4) is 0 Å². The Morgan fingerprint density at radius 2 is 2.10 bits per heavy atom. The van der Waals surface area contributed by atoms with Gasteiger partial charge in [0.05, 0.1) is 12.8 Å². The first-order valence-electron chi connectivity index (χ1n) is 7.20. The highest BCUT2D eigenvalue weighted by molar-refractivity contribution is 5.97. The van der Waals surface area contributed by atoms with Crippen LogP contribution < -0.4 is 0 Å². The molecule has 108 valence electrons. The van der Waals surface area contributed by atoms with Crippen LogP contribution in [0.4, 0.5) is 0 Å². The largest absolute Gasteiger partial charge is 0.463 e. The van der Waals surface area contributed by atoms with Crippen LogP contribution in [-0.4, -0.2) is 17.6 Å². The van der Waals surface area contributed by atoms with E-state index in [1.165, 1.54) is 0 Å². The number of hydrogen-bond donors (Lipinski definition) is 0. The summed E-state index contributed by atoms with van der Waals surface area (Å²) in [5.41, 5.74) is 2.57. The quantitative estimate of drug-likeness (QED) is 0.800. The fourth-order valence-electron chi connectivity index (χ4n) is 2.57. The van der Waals surface area contributed by atoms with Crippen LogP contribution in [0, 0.1) is 0 Å². The third-order valence-electron chi connectivity index (χ3n) is 3.56. The van der Waals surface area contributed by atoms with E-state index < -0.39 is 0 Å². The van der Waals surface area contributed by atoms with Crippen molar-refractivity contribution in [1.82, 2.24) is 4.98 Å². The van der Waals surface area contributed by atoms with Crippen LogP contribution in [0.25, 0.3) is 16.9 Å². The molecule has 1 aliphatic carbocycles. The summed E-state index contributed by atoms with van der Waals surface area (Å²) in [5.74, 6) is 1.01. The SMILES string of the molecule is CCOC(=O)C1=C(c2ncc(-c3ccccc3)o2)CCC1. The second-order valence-electron chi connectivity index (χ2n) is 4.93. The van der Waals surface area contributed by atoms with Gasteiger partial charge in [-0.05, 0) is 26.2 Å². The van der Waals surface area contributed by atoms with Crippen LogP contribution in [0.5, 0.6) is 0 Å². The number of hydrogen-bond acceptors (Lipinski definition) is 4. The summed E-state index contributed by atoms with van der Waals surface area (Å²) in [6.07, 6.45) is 4.19. The number of esters is 1. The molecule has 1 heterocycles. The number of carbonyl (C=O) groups is 1. The minimum absolute atomic E-state index is 0.246. The minimum Gasteiger partial charge on any atom is -0.463 e. The van der Waals surface area contributed by atoms with Crippen molar-refractivity contribution >= 4 is 11.5 Å². The molecule has 0 saturated carbocycles. The highest BCUT2D eigenvalue weighted by Gasteiger charge is 2.26. The van der Waals surface area contributed by atoms with Gasteiger partial charge in [-0.3, -0.25) is 0 Å². The Bertz CT molecular complexity index is 670. The summed E-state index contributed by atoms with van der Waals surface area (Å²) in [5, 5.41) is 0. The Morgan fingerprint density at radius 3 is 2.86 bits per heavy atom. The van der Waals surface area contributed by atoms with Crippen LogP contribution in [-0.2, 0) is 9.53 Å². The number of oxazole rings is 1. The van der Waals surface area contributed by atoms with E-state index >= 15 is 0 Å². The van der Waals surface area contributed by atoms with Gasteiger partial charge in [0.15, 0.2) is 5.76 Å². The summed E-state index contributed by atoms with van der Waals surface area (Å²) >= 11 is 0. The van der Waals surface area contributed by atoms with Crippen molar-refractivity contribution in [3.63, 3.8) is 0 Å². The second-order valence-corrected chi connectivity index (χ2v) is 4.93. The first-order valence-corrected chi connectivity index (χ1v) is 7.20. The Morgan fingerprint density at radius 1 is 1.29 bits per heavy atom. The molecular formula is C17H17NO3. The molecule has 1 aromatic carbocycles. The van der Waals surface area contributed by atoms with Gasteiger partial charge in [0.25, 0.3) is 0 Å². The summed E-state index contributed by atoms with van der Waals surface area (Å²) in [4.78, 5) is 16.3. The van der Waals surface area contributed by atoms with Gasteiger partial charge < -0.3 is 9.15 Å². The molecule has 0 amide bonds. The molecule has 2 aromatic rings. The highest BCUT2D eigenvalue weighted by atomic mass is 16.5. The van der Waals surface area contributed by atoms with Gasteiger partial charge in [0.2, 0.25) is 5.89 Å². The summed E-state index contributed by atoms with van der Waals surface area (Å²) in [7, 11) is 0. The fourth-order valence-corrected chi connectivity index (χ4v) is 2.57. The van der Waals surface area contributed by atoms with Crippen molar-refractivity contribution in [3.8, 4) is 11.3 Å². The molecule has 0 atom stereocenters. The monoisotopic (exact) mass is 283 g/mol. The molecule has 0 unspecified atom stereocenters. The molecule has 4 nitrogen and oxygen atoms in total. The first-order chi connectivity index (χ1) is 10.3. The molecule has 21 heavy (non-hydrogen) atoms. The molecule has 0 N–H and O–H groups in total. The average Bonchev–Trinajstić information content (AvgIpc) is 3.17. The van der Waals surface area contributed by atoms with Gasteiger partial charge in [-0.25, -0.2) is 9.78 Å². The van der Waals surface area contributed by atoms with E-state index in [2.05, 4.69) is 4.98 Å². The second kappa shape index (κ2) is 5.95. The van der Waals surface area contributed by atoms with E-state index in [1.807, 2.05) is 37.3 Å².